The molecule has 0 aliphatic heterocycles. The third-order valence-corrected chi connectivity index (χ3v) is 3.26. The van der Waals surface area contributed by atoms with Crippen LogP contribution in [-0.2, 0) is 5.75 Å². The van der Waals surface area contributed by atoms with Crippen molar-refractivity contribution in [1.29, 1.82) is 0 Å². The van der Waals surface area contributed by atoms with E-state index in [1.165, 1.54) is 11.8 Å². The Labute approximate surface area is 113 Å². The van der Waals surface area contributed by atoms with Crippen LogP contribution in [0.3, 0.4) is 0 Å². The van der Waals surface area contributed by atoms with Gasteiger partial charge in [-0.1, -0.05) is 16.9 Å². The first-order chi connectivity index (χ1) is 8.97. The van der Waals surface area contributed by atoms with Crippen molar-refractivity contribution in [3.05, 3.63) is 28.8 Å². The number of nitrogens with zero attached hydrogens (tertiary/aromatic N) is 4. The fourth-order valence-electron chi connectivity index (χ4n) is 1.56. The molecule has 2 rings (SSSR count). The summed E-state index contributed by atoms with van der Waals surface area (Å²) in [6.45, 7) is 5.07. The van der Waals surface area contributed by atoms with Crippen molar-refractivity contribution in [2.45, 2.75) is 31.6 Å². The summed E-state index contributed by atoms with van der Waals surface area (Å²) in [4.78, 5) is 23.5. The Hall–Kier alpha value is -1.96. The topological polar surface area (TPSA) is 102 Å². The summed E-state index contributed by atoms with van der Waals surface area (Å²) < 4.78 is 4.85. The van der Waals surface area contributed by atoms with E-state index in [1.54, 1.807) is 20.8 Å². The standard InChI is InChI=1S/C11H12N4O3S/c1-5-9(11(16)17)10(13-6(2)12-5)19-4-8-14-7(3)18-15-8/h4H2,1-3H3,(H,16,17). The highest BCUT2D eigenvalue weighted by Crippen LogP contribution is 2.25. The average Bonchev–Trinajstić information content (AvgIpc) is 2.71. The van der Waals surface area contributed by atoms with Gasteiger partial charge in [-0.15, -0.1) is 0 Å². The molecule has 0 atom stereocenters. The van der Waals surface area contributed by atoms with Crippen LogP contribution >= 0.6 is 11.8 Å². The van der Waals surface area contributed by atoms with Crippen LogP contribution in [0, 0.1) is 20.8 Å². The summed E-state index contributed by atoms with van der Waals surface area (Å²) in [5.41, 5.74) is 0.572. The van der Waals surface area contributed by atoms with Crippen LogP contribution in [0.1, 0.15) is 33.6 Å². The molecule has 100 valence electrons. The Kier molecular flexibility index (Phi) is 3.79. The molecule has 0 radical (unpaired) electrons. The molecule has 8 heteroatoms. The number of hydrogen-bond acceptors (Lipinski definition) is 7. The lowest BCUT2D eigenvalue weighted by Crippen LogP contribution is -2.08. The van der Waals surface area contributed by atoms with Crippen LogP contribution in [0.25, 0.3) is 0 Å². The van der Waals surface area contributed by atoms with Crippen molar-refractivity contribution in [1.82, 2.24) is 20.1 Å². The van der Waals surface area contributed by atoms with Crippen LogP contribution in [0.4, 0.5) is 0 Å². The third-order valence-electron chi connectivity index (χ3n) is 2.29. The first kappa shape index (κ1) is 13.5. The highest BCUT2D eigenvalue weighted by molar-refractivity contribution is 7.98. The molecule has 0 bridgehead atoms. The average molecular weight is 280 g/mol. The van der Waals surface area contributed by atoms with Crippen molar-refractivity contribution >= 4 is 17.7 Å². The molecule has 2 aromatic heterocycles. The van der Waals surface area contributed by atoms with Crippen LogP contribution in [0.2, 0.25) is 0 Å². The maximum Gasteiger partial charge on any atom is 0.340 e. The number of rotatable bonds is 4. The van der Waals surface area contributed by atoms with E-state index in [1.807, 2.05) is 0 Å². The normalized spacial score (nSPS) is 10.7. The van der Waals surface area contributed by atoms with Gasteiger partial charge in [0.1, 0.15) is 16.4 Å². The van der Waals surface area contributed by atoms with Gasteiger partial charge in [0, 0.05) is 6.92 Å². The van der Waals surface area contributed by atoms with E-state index in [9.17, 15) is 9.90 Å². The van der Waals surface area contributed by atoms with E-state index in [0.717, 1.165) is 0 Å². The molecular formula is C11H12N4O3S. The first-order valence-corrected chi connectivity index (χ1v) is 6.46. The monoisotopic (exact) mass is 280 g/mol. The summed E-state index contributed by atoms with van der Waals surface area (Å²) in [5, 5.41) is 13.4. The smallest absolute Gasteiger partial charge is 0.340 e. The van der Waals surface area contributed by atoms with Crippen molar-refractivity contribution < 1.29 is 14.4 Å². The molecule has 2 aromatic rings. The van der Waals surface area contributed by atoms with E-state index in [-0.39, 0.29) is 5.56 Å². The molecule has 0 spiro atoms. The molecule has 1 N–H and O–H groups in total. The third kappa shape index (κ3) is 3.08. The zero-order chi connectivity index (χ0) is 14.0. The van der Waals surface area contributed by atoms with Crippen molar-refractivity contribution in [2.75, 3.05) is 0 Å². The number of hydrogen-bond donors (Lipinski definition) is 1. The molecule has 2 heterocycles. The van der Waals surface area contributed by atoms with Crippen LogP contribution in [0.5, 0.6) is 0 Å². The van der Waals surface area contributed by atoms with E-state index in [4.69, 9.17) is 4.52 Å². The molecule has 0 saturated heterocycles. The minimum absolute atomic E-state index is 0.121. The van der Waals surface area contributed by atoms with Crippen LogP contribution in [-0.4, -0.2) is 31.2 Å². The summed E-state index contributed by atoms with van der Waals surface area (Å²) >= 11 is 1.25. The second-order valence-corrected chi connectivity index (χ2v) is 4.82. The van der Waals surface area contributed by atoms with Crippen molar-refractivity contribution in [3.8, 4) is 0 Å². The second-order valence-electron chi connectivity index (χ2n) is 3.86. The Morgan fingerprint density at radius 3 is 2.58 bits per heavy atom. The van der Waals surface area contributed by atoms with Gasteiger partial charge in [-0.2, -0.15) is 4.98 Å². The van der Waals surface area contributed by atoms with Gasteiger partial charge in [0.15, 0.2) is 5.82 Å². The highest BCUT2D eigenvalue weighted by Gasteiger charge is 2.18. The Morgan fingerprint density at radius 2 is 2.00 bits per heavy atom. The fourth-order valence-corrected chi connectivity index (χ4v) is 2.52. The van der Waals surface area contributed by atoms with Gasteiger partial charge in [-0.05, 0) is 13.8 Å². The van der Waals surface area contributed by atoms with Crippen LogP contribution in [0.15, 0.2) is 9.55 Å². The summed E-state index contributed by atoms with van der Waals surface area (Å²) in [5.74, 6) is 0.878. The molecule has 0 saturated carbocycles. The lowest BCUT2D eigenvalue weighted by Gasteiger charge is -2.07. The number of carbonyl (C=O) groups is 1. The molecule has 19 heavy (non-hydrogen) atoms. The number of aryl methyl sites for hydroxylation is 3. The number of aromatic carboxylic acids is 1. The summed E-state index contributed by atoms with van der Waals surface area (Å²) in [7, 11) is 0. The minimum Gasteiger partial charge on any atom is -0.478 e. The van der Waals surface area contributed by atoms with Crippen molar-refractivity contribution in [3.63, 3.8) is 0 Å². The minimum atomic E-state index is -1.04. The molecule has 0 fully saturated rings. The number of aromatic nitrogens is 4. The van der Waals surface area contributed by atoms with Gasteiger partial charge in [-0.25, -0.2) is 14.8 Å². The zero-order valence-electron chi connectivity index (χ0n) is 10.7. The predicted molar refractivity (Wildman–Crippen MR) is 67.1 cm³/mol. The highest BCUT2D eigenvalue weighted by atomic mass is 32.2. The molecule has 7 nitrogen and oxygen atoms in total. The van der Waals surface area contributed by atoms with E-state index < -0.39 is 5.97 Å². The number of carboxylic acids is 1. The molecule has 0 amide bonds. The predicted octanol–water partition coefficient (Wildman–Crippen LogP) is 1.78. The molecule has 0 aliphatic rings. The zero-order valence-corrected chi connectivity index (χ0v) is 11.5. The van der Waals surface area contributed by atoms with Crippen LogP contribution < -0.4 is 0 Å². The van der Waals surface area contributed by atoms with Gasteiger partial charge < -0.3 is 9.63 Å². The maximum absolute atomic E-state index is 11.2. The summed E-state index contributed by atoms with van der Waals surface area (Å²) in [6, 6.07) is 0. The second kappa shape index (κ2) is 5.35. The quantitative estimate of drug-likeness (QED) is 0.667. The van der Waals surface area contributed by atoms with E-state index >= 15 is 0 Å². The largest absolute Gasteiger partial charge is 0.478 e. The fraction of sp³-hybridized carbons (Fsp3) is 0.364. The number of carboxylic acid groups (broad SMARTS) is 1. The van der Waals surface area contributed by atoms with E-state index in [2.05, 4.69) is 20.1 Å². The Morgan fingerprint density at radius 1 is 1.26 bits per heavy atom. The SMILES string of the molecule is Cc1nc(C)c(C(=O)O)c(SCc2noc(C)n2)n1. The Balaban J connectivity index is 2.26. The van der Waals surface area contributed by atoms with Gasteiger partial charge in [-0.3, -0.25) is 0 Å². The number of thioether (sulfide) groups is 1. The summed E-state index contributed by atoms with van der Waals surface area (Å²) in [6.07, 6.45) is 0. The molecule has 0 unspecified atom stereocenters. The van der Waals surface area contributed by atoms with Gasteiger partial charge in [0.25, 0.3) is 0 Å². The maximum atomic E-state index is 11.2. The molecule has 0 aliphatic carbocycles. The van der Waals surface area contributed by atoms with Gasteiger partial charge in [0.05, 0.1) is 11.4 Å². The van der Waals surface area contributed by atoms with Gasteiger partial charge in [0.2, 0.25) is 5.89 Å². The van der Waals surface area contributed by atoms with Gasteiger partial charge >= 0.3 is 5.97 Å². The lowest BCUT2D eigenvalue weighted by molar-refractivity contribution is 0.0690. The van der Waals surface area contributed by atoms with E-state index in [0.29, 0.717) is 34.0 Å². The van der Waals surface area contributed by atoms with Crippen molar-refractivity contribution in [2.24, 2.45) is 0 Å². The first-order valence-electron chi connectivity index (χ1n) is 5.48. The Bertz CT molecular complexity index is 626. The molecule has 0 aromatic carbocycles. The molecular weight excluding hydrogens is 268 g/mol. The lowest BCUT2D eigenvalue weighted by atomic mass is 10.2.